The van der Waals surface area contributed by atoms with Gasteiger partial charge in [-0.25, -0.2) is 0 Å². The van der Waals surface area contributed by atoms with E-state index in [1.165, 1.54) is 18.4 Å². The van der Waals surface area contributed by atoms with E-state index >= 15 is 0 Å². The number of rotatable bonds is 4. The molecule has 0 aromatic carbocycles. The van der Waals surface area contributed by atoms with Gasteiger partial charge in [0.2, 0.25) is 0 Å². The Kier molecular flexibility index (Phi) is 7.08. The maximum Gasteiger partial charge on any atom is 0.193 e. The number of nitrogens with zero attached hydrogens (tertiary/aromatic N) is 3. The fourth-order valence-corrected chi connectivity index (χ4v) is 3.35. The number of likely N-dealkylation sites (tertiary alicyclic amines) is 1. The molecule has 2 saturated heterocycles. The van der Waals surface area contributed by atoms with Crippen molar-refractivity contribution in [2.75, 3.05) is 39.4 Å². The van der Waals surface area contributed by atoms with Gasteiger partial charge in [0.05, 0.1) is 6.61 Å². The smallest absolute Gasteiger partial charge is 0.193 e. The number of guanidine groups is 1. The minimum absolute atomic E-state index is 0. The van der Waals surface area contributed by atoms with E-state index in [0.29, 0.717) is 5.41 Å². The Morgan fingerprint density at radius 1 is 1.48 bits per heavy atom. The van der Waals surface area contributed by atoms with Gasteiger partial charge in [-0.15, -0.1) is 24.0 Å². The number of pyridine rings is 1. The van der Waals surface area contributed by atoms with E-state index in [1.807, 2.05) is 18.5 Å². The predicted molar refractivity (Wildman–Crippen MR) is 103 cm³/mol. The summed E-state index contributed by atoms with van der Waals surface area (Å²) in [6.45, 7) is 7.83. The first-order chi connectivity index (χ1) is 10.8. The molecule has 0 amide bonds. The molecule has 3 heterocycles. The molecule has 6 heteroatoms. The van der Waals surface area contributed by atoms with E-state index in [1.54, 1.807) is 0 Å². The first kappa shape index (κ1) is 18.4. The van der Waals surface area contributed by atoms with Gasteiger partial charge >= 0.3 is 0 Å². The fraction of sp³-hybridized carbons (Fsp3) is 0.647. The SMILES string of the molecule is CCNC(=NCCc1cccnc1)N1CCC2(CCOC2)C1.I. The summed E-state index contributed by atoms with van der Waals surface area (Å²) >= 11 is 0. The monoisotopic (exact) mass is 430 g/mol. The van der Waals surface area contributed by atoms with E-state index in [2.05, 4.69) is 28.2 Å². The largest absolute Gasteiger partial charge is 0.381 e. The second-order valence-electron chi connectivity index (χ2n) is 6.32. The molecule has 1 spiro atoms. The highest BCUT2D eigenvalue weighted by atomic mass is 127. The predicted octanol–water partition coefficient (Wildman–Crippen LogP) is 2.32. The van der Waals surface area contributed by atoms with Crippen molar-refractivity contribution < 1.29 is 4.74 Å². The highest BCUT2D eigenvalue weighted by Crippen LogP contribution is 2.38. The molecule has 0 aliphatic carbocycles. The zero-order valence-electron chi connectivity index (χ0n) is 13.8. The Morgan fingerprint density at radius 2 is 2.39 bits per heavy atom. The average molecular weight is 430 g/mol. The second-order valence-corrected chi connectivity index (χ2v) is 6.32. The van der Waals surface area contributed by atoms with Crippen LogP contribution in [-0.2, 0) is 11.2 Å². The fourth-order valence-electron chi connectivity index (χ4n) is 3.35. The standard InChI is InChI=1S/C17H26N4O.HI/c1-2-19-16(20-9-5-15-4-3-8-18-12-15)21-10-6-17(13-21)7-11-22-14-17;/h3-4,8,12H,2,5-7,9-11,13-14H2,1H3,(H,19,20);1H. The van der Waals surface area contributed by atoms with Crippen molar-refractivity contribution in [3.8, 4) is 0 Å². The van der Waals surface area contributed by atoms with Gasteiger partial charge in [-0.05, 0) is 37.8 Å². The molecule has 1 unspecified atom stereocenters. The molecular formula is C17H27IN4O. The number of aromatic nitrogens is 1. The van der Waals surface area contributed by atoms with E-state index < -0.39 is 0 Å². The summed E-state index contributed by atoms with van der Waals surface area (Å²) in [5, 5.41) is 3.44. The van der Waals surface area contributed by atoms with Crippen molar-refractivity contribution in [3.05, 3.63) is 30.1 Å². The number of halogens is 1. The lowest BCUT2D eigenvalue weighted by Crippen LogP contribution is -2.41. The molecule has 23 heavy (non-hydrogen) atoms. The van der Waals surface area contributed by atoms with Crippen LogP contribution in [0.3, 0.4) is 0 Å². The second kappa shape index (κ2) is 8.82. The van der Waals surface area contributed by atoms with Gasteiger partial charge in [-0.3, -0.25) is 9.98 Å². The van der Waals surface area contributed by atoms with Crippen molar-refractivity contribution in [2.24, 2.45) is 10.4 Å². The summed E-state index contributed by atoms with van der Waals surface area (Å²) in [5.41, 5.74) is 1.61. The van der Waals surface area contributed by atoms with Gasteiger partial charge in [0.1, 0.15) is 0 Å². The van der Waals surface area contributed by atoms with Gasteiger partial charge in [0, 0.05) is 50.6 Å². The number of aliphatic imine (C=N–C) groups is 1. The van der Waals surface area contributed by atoms with Crippen LogP contribution in [-0.4, -0.2) is 55.2 Å². The third kappa shape index (κ3) is 4.79. The lowest BCUT2D eigenvalue weighted by atomic mass is 9.87. The molecule has 3 rings (SSSR count). The van der Waals surface area contributed by atoms with Crippen molar-refractivity contribution >= 4 is 29.9 Å². The third-order valence-electron chi connectivity index (χ3n) is 4.64. The molecule has 2 aliphatic heterocycles. The summed E-state index contributed by atoms with van der Waals surface area (Å²) in [6, 6.07) is 4.09. The normalized spacial score (nSPS) is 24.0. The summed E-state index contributed by atoms with van der Waals surface area (Å²) in [5.74, 6) is 1.05. The molecule has 5 nitrogen and oxygen atoms in total. The van der Waals surface area contributed by atoms with Crippen molar-refractivity contribution in [2.45, 2.75) is 26.2 Å². The molecular weight excluding hydrogens is 403 g/mol. The van der Waals surface area contributed by atoms with Crippen molar-refractivity contribution in [1.82, 2.24) is 15.2 Å². The highest BCUT2D eigenvalue weighted by Gasteiger charge is 2.42. The molecule has 1 atom stereocenters. The Balaban J connectivity index is 0.00000192. The lowest BCUT2D eigenvalue weighted by Gasteiger charge is -2.25. The van der Waals surface area contributed by atoms with Crippen LogP contribution in [0.5, 0.6) is 0 Å². The summed E-state index contributed by atoms with van der Waals surface area (Å²) in [7, 11) is 0. The van der Waals surface area contributed by atoms with Gasteiger partial charge in [0.25, 0.3) is 0 Å². The zero-order chi connectivity index (χ0) is 15.3. The van der Waals surface area contributed by atoms with Crippen molar-refractivity contribution in [3.63, 3.8) is 0 Å². The van der Waals surface area contributed by atoms with Gasteiger partial charge in [-0.2, -0.15) is 0 Å². The first-order valence-corrected chi connectivity index (χ1v) is 8.31. The van der Waals surface area contributed by atoms with Crippen LogP contribution in [0.15, 0.2) is 29.5 Å². The molecule has 1 N–H and O–H groups in total. The summed E-state index contributed by atoms with van der Waals surface area (Å²) < 4.78 is 5.62. The zero-order valence-corrected chi connectivity index (χ0v) is 16.2. The van der Waals surface area contributed by atoms with Gasteiger partial charge in [-0.1, -0.05) is 6.07 Å². The number of hydrogen-bond donors (Lipinski definition) is 1. The van der Waals surface area contributed by atoms with E-state index in [0.717, 1.165) is 51.8 Å². The molecule has 0 bridgehead atoms. The quantitative estimate of drug-likeness (QED) is 0.453. The molecule has 128 valence electrons. The van der Waals surface area contributed by atoms with E-state index in [4.69, 9.17) is 9.73 Å². The number of ether oxygens (including phenoxy) is 1. The topological polar surface area (TPSA) is 49.8 Å². The Labute approximate surface area is 155 Å². The van der Waals surface area contributed by atoms with E-state index in [9.17, 15) is 0 Å². The minimum Gasteiger partial charge on any atom is -0.381 e. The van der Waals surface area contributed by atoms with Crippen LogP contribution in [0.4, 0.5) is 0 Å². The van der Waals surface area contributed by atoms with E-state index in [-0.39, 0.29) is 24.0 Å². The number of nitrogens with one attached hydrogen (secondary N) is 1. The first-order valence-electron chi connectivity index (χ1n) is 8.31. The maximum atomic E-state index is 5.62. The Hall–Kier alpha value is -0.890. The van der Waals surface area contributed by atoms with Crippen LogP contribution < -0.4 is 5.32 Å². The molecule has 2 fully saturated rings. The summed E-state index contributed by atoms with van der Waals surface area (Å²) in [4.78, 5) is 11.4. The van der Waals surface area contributed by atoms with Crippen LogP contribution in [0, 0.1) is 5.41 Å². The maximum absolute atomic E-state index is 5.62. The number of hydrogen-bond acceptors (Lipinski definition) is 3. The lowest BCUT2D eigenvalue weighted by molar-refractivity contribution is 0.156. The minimum atomic E-state index is 0. The van der Waals surface area contributed by atoms with Gasteiger partial charge in [0.15, 0.2) is 5.96 Å². The third-order valence-corrected chi connectivity index (χ3v) is 4.64. The molecule has 2 aliphatic rings. The highest BCUT2D eigenvalue weighted by molar-refractivity contribution is 14.0. The van der Waals surface area contributed by atoms with Crippen LogP contribution in [0.1, 0.15) is 25.3 Å². The van der Waals surface area contributed by atoms with Crippen LogP contribution >= 0.6 is 24.0 Å². The van der Waals surface area contributed by atoms with Crippen molar-refractivity contribution in [1.29, 1.82) is 0 Å². The molecule has 1 aromatic heterocycles. The average Bonchev–Trinajstić information content (AvgIpc) is 3.18. The Bertz CT molecular complexity index is 503. The molecule has 1 aromatic rings. The van der Waals surface area contributed by atoms with Crippen LogP contribution in [0.25, 0.3) is 0 Å². The Morgan fingerprint density at radius 3 is 3.09 bits per heavy atom. The van der Waals surface area contributed by atoms with Gasteiger partial charge < -0.3 is 15.0 Å². The molecule has 0 radical (unpaired) electrons. The molecule has 0 saturated carbocycles. The van der Waals surface area contributed by atoms with Crippen LogP contribution in [0.2, 0.25) is 0 Å². The summed E-state index contributed by atoms with van der Waals surface area (Å²) in [6.07, 6.45) is 7.08.